The molecule has 0 aliphatic carbocycles. The first kappa shape index (κ1) is 20.6. The van der Waals surface area contributed by atoms with Crippen LogP contribution in [0.2, 0.25) is 0 Å². The van der Waals surface area contributed by atoms with Crippen LogP contribution in [0.15, 0.2) is 53.4 Å². The molecular formula is C21H24F2N2O2S. The predicted molar refractivity (Wildman–Crippen MR) is 106 cm³/mol. The minimum Gasteiger partial charge on any atom is -0.478 e. The summed E-state index contributed by atoms with van der Waals surface area (Å²) in [5.74, 6) is -0.329. The van der Waals surface area contributed by atoms with Gasteiger partial charge in [-0.15, -0.1) is 0 Å². The topological polar surface area (TPSA) is 41.6 Å². The van der Waals surface area contributed by atoms with Crippen molar-refractivity contribution in [3.8, 4) is 5.75 Å². The van der Waals surface area contributed by atoms with Gasteiger partial charge in [0, 0.05) is 24.0 Å². The summed E-state index contributed by atoms with van der Waals surface area (Å²) in [7, 11) is 0. The Morgan fingerprint density at radius 1 is 1.04 bits per heavy atom. The summed E-state index contributed by atoms with van der Waals surface area (Å²) < 4.78 is 34.0. The van der Waals surface area contributed by atoms with Gasteiger partial charge in [0.2, 0.25) is 0 Å². The van der Waals surface area contributed by atoms with E-state index in [-0.39, 0.29) is 23.6 Å². The largest absolute Gasteiger partial charge is 0.478 e. The van der Waals surface area contributed by atoms with Crippen molar-refractivity contribution >= 4 is 17.9 Å². The molecule has 1 aliphatic rings. The van der Waals surface area contributed by atoms with E-state index in [1.54, 1.807) is 37.9 Å². The van der Waals surface area contributed by atoms with Crippen LogP contribution in [0.5, 0.6) is 5.75 Å². The lowest BCUT2D eigenvalue weighted by Gasteiger charge is -2.33. The van der Waals surface area contributed by atoms with Gasteiger partial charge in [0.15, 0.2) is 5.60 Å². The van der Waals surface area contributed by atoms with Crippen LogP contribution in [0.4, 0.5) is 8.78 Å². The molecule has 28 heavy (non-hydrogen) atoms. The number of piperidine rings is 1. The highest BCUT2D eigenvalue weighted by Gasteiger charge is 2.32. The fourth-order valence-electron chi connectivity index (χ4n) is 2.94. The first-order valence-electron chi connectivity index (χ1n) is 9.26. The van der Waals surface area contributed by atoms with Gasteiger partial charge in [0.05, 0.1) is 0 Å². The number of rotatable bonds is 6. The Labute approximate surface area is 168 Å². The lowest BCUT2D eigenvalue weighted by atomic mass is 10.0. The molecule has 0 spiro atoms. The Morgan fingerprint density at radius 2 is 1.57 bits per heavy atom. The van der Waals surface area contributed by atoms with E-state index < -0.39 is 5.60 Å². The van der Waals surface area contributed by atoms with Crippen molar-refractivity contribution in [2.75, 3.05) is 13.1 Å². The van der Waals surface area contributed by atoms with E-state index in [1.165, 1.54) is 36.4 Å². The zero-order chi connectivity index (χ0) is 20.1. The van der Waals surface area contributed by atoms with Crippen LogP contribution in [0, 0.1) is 11.6 Å². The predicted octanol–water partition coefficient (Wildman–Crippen LogP) is 4.41. The number of carbonyl (C=O) groups excluding carboxylic acids is 1. The Morgan fingerprint density at radius 3 is 2.14 bits per heavy atom. The molecule has 0 aromatic heterocycles. The average Bonchev–Trinajstić information content (AvgIpc) is 2.67. The smallest absolute Gasteiger partial charge is 0.263 e. The molecule has 1 fully saturated rings. The van der Waals surface area contributed by atoms with E-state index in [2.05, 4.69) is 9.62 Å². The zero-order valence-corrected chi connectivity index (χ0v) is 16.8. The van der Waals surface area contributed by atoms with Crippen LogP contribution in [0.1, 0.15) is 26.7 Å². The number of amides is 1. The minimum absolute atomic E-state index is 0.0775. The van der Waals surface area contributed by atoms with Gasteiger partial charge in [0.1, 0.15) is 17.4 Å². The molecule has 3 rings (SSSR count). The van der Waals surface area contributed by atoms with Crippen LogP contribution in [-0.2, 0) is 4.79 Å². The highest BCUT2D eigenvalue weighted by Crippen LogP contribution is 2.27. The number of benzene rings is 2. The van der Waals surface area contributed by atoms with Gasteiger partial charge in [-0.1, -0.05) is 0 Å². The monoisotopic (exact) mass is 406 g/mol. The second-order valence-corrected chi connectivity index (χ2v) is 8.46. The maximum atomic E-state index is 13.0. The summed E-state index contributed by atoms with van der Waals surface area (Å²) >= 11 is 1.60. The van der Waals surface area contributed by atoms with E-state index in [1.807, 2.05) is 0 Å². The van der Waals surface area contributed by atoms with Gasteiger partial charge in [-0.2, -0.15) is 0 Å². The molecule has 0 radical (unpaired) electrons. The molecule has 0 atom stereocenters. The van der Waals surface area contributed by atoms with Crippen molar-refractivity contribution in [3.63, 3.8) is 0 Å². The standard InChI is InChI=1S/C21H24F2N2O2S/c1-21(2,27-18-7-3-15(22)4-8-18)20(26)24-17-11-13-25(14-12-17)28-19-9-5-16(23)6-10-19/h3-10,17H,11-14H2,1-2H3,(H,24,26). The molecule has 0 bridgehead atoms. The Balaban J connectivity index is 1.47. The van der Waals surface area contributed by atoms with Gasteiger partial charge in [0.25, 0.3) is 5.91 Å². The number of hydrogen-bond donors (Lipinski definition) is 1. The van der Waals surface area contributed by atoms with Crippen molar-refractivity contribution in [3.05, 3.63) is 60.2 Å². The van der Waals surface area contributed by atoms with E-state index in [9.17, 15) is 13.6 Å². The molecule has 4 nitrogen and oxygen atoms in total. The lowest BCUT2D eigenvalue weighted by Crippen LogP contribution is -2.52. The first-order chi connectivity index (χ1) is 13.3. The summed E-state index contributed by atoms with van der Waals surface area (Å²) in [6.45, 7) is 5.05. The Kier molecular flexibility index (Phi) is 6.57. The summed E-state index contributed by atoms with van der Waals surface area (Å²) in [6, 6.07) is 12.2. The third-order valence-electron chi connectivity index (χ3n) is 4.57. The SMILES string of the molecule is CC(C)(Oc1ccc(F)cc1)C(=O)NC1CCN(Sc2ccc(F)cc2)CC1. The van der Waals surface area contributed by atoms with Crippen molar-refractivity contribution < 1.29 is 18.3 Å². The van der Waals surface area contributed by atoms with Gasteiger partial charge in [-0.3, -0.25) is 4.79 Å². The van der Waals surface area contributed by atoms with Crippen molar-refractivity contribution in [2.45, 2.75) is 43.2 Å². The van der Waals surface area contributed by atoms with E-state index in [0.717, 1.165) is 30.8 Å². The first-order valence-corrected chi connectivity index (χ1v) is 10.0. The van der Waals surface area contributed by atoms with E-state index in [4.69, 9.17) is 4.74 Å². The lowest BCUT2D eigenvalue weighted by molar-refractivity contribution is -0.135. The number of carbonyl (C=O) groups is 1. The van der Waals surface area contributed by atoms with Crippen LogP contribution in [0.25, 0.3) is 0 Å². The summed E-state index contributed by atoms with van der Waals surface area (Å²) in [5.41, 5.74) is -1.06. The highest BCUT2D eigenvalue weighted by molar-refractivity contribution is 7.97. The molecule has 2 aromatic rings. The summed E-state index contributed by atoms with van der Waals surface area (Å²) in [5, 5.41) is 3.06. The fourth-order valence-corrected chi connectivity index (χ4v) is 3.89. The molecule has 0 saturated carbocycles. The second-order valence-electron chi connectivity index (χ2n) is 7.29. The normalized spacial score (nSPS) is 16.0. The number of hydrogen-bond acceptors (Lipinski definition) is 4. The number of ether oxygens (including phenoxy) is 1. The maximum absolute atomic E-state index is 13.0. The third-order valence-corrected chi connectivity index (χ3v) is 5.68. The van der Waals surface area contributed by atoms with Crippen LogP contribution in [0.3, 0.4) is 0 Å². The molecule has 1 saturated heterocycles. The second kappa shape index (κ2) is 8.92. The van der Waals surface area contributed by atoms with Crippen LogP contribution >= 0.6 is 11.9 Å². The molecule has 1 N–H and O–H groups in total. The van der Waals surface area contributed by atoms with E-state index >= 15 is 0 Å². The maximum Gasteiger partial charge on any atom is 0.263 e. The molecule has 7 heteroatoms. The quantitative estimate of drug-likeness (QED) is 0.722. The highest BCUT2D eigenvalue weighted by atomic mass is 32.2. The summed E-state index contributed by atoms with van der Waals surface area (Å²) in [6.07, 6.45) is 1.65. The Hall–Kier alpha value is -2.12. The van der Waals surface area contributed by atoms with Gasteiger partial charge in [-0.25, -0.2) is 13.1 Å². The molecule has 0 unspecified atom stereocenters. The summed E-state index contributed by atoms with van der Waals surface area (Å²) in [4.78, 5) is 13.6. The minimum atomic E-state index is -1.06. The van der Waals surface area contributed by atoms with Crippen molar-refractivity contribution in [2.24, 2.45) is 0 Å². The van der Waals surface area contributed by atoms with Crippen molar-refractivity contribution in [1.82, 2.24) is 9.62 Å². The third kappa shape index (κ3) is 5.69. The molecular weight excluding hydrogens is 382 g/mol. The van der Waals surface area contributed by atoms with Crippen molar-refractivity contribution in [1.29, 1.82) is 0 Å². The molecule has 2 aromatic carbocycles. The number of halogens is 2. The fraction of sp³-hybridized carbons (Fsp3) is 0.381. The van der Waals surface area contributed by atoms with Gasteiger partial charge >= 0.3 is 0 Å². The van der Waals surface area contributed by atoms with Crippen LogP contribution in [-0.4, -0.2) is 34.9 Å². The van der Waals surface area contributed by atoms with Gasteiger partial charge < -0.3 is 10.1 Å². The Bertz CT molecular complexity index is 789. The molecule has 1 aliphatic heterocycles. The molecule has 1 amide bonds. The zero-order valence-electron chi connectivity index (χ0n) is 16.0. The number of nitrogens with zero attached hydrogens (tertiary/aromatic N) is 1. The van der Waals surface area contributed by atoms with E-state index in [0.29, 0.717) is 5.75 Å². The van der Waals surface area contributed by atoms with Gasteiger partial charge in [-0.05, 0) is 87.2 Å². The van der Waals surface area contributed by atoms with Crippen LogP contribution < -0.4 is 10.1 Å². The molecule has 1 heterocycles. The molecule has 150 valence electrons. The average molecular weight is 406 g/mol. The number of nitrogens with one attached hydrogen (secondary N) is 1.